The van der Waals surface area contributed by atoms with Crippen LogP contribution in [0.5, 0.6) is 0 Å². The molecule has 1 heterocycles. The summed E-state index contributed by atoms with van der Waals surface area (Å²) in [7, 11) is 0. The van der Waals surface area contributed by atoms with Gasteiger partial charge in [-0.25, -0.2) is 4.57 Å². The van der Waals surface area contributed by atoms with Crippen LogP contribution >= 0.6 is 0 Å². The number of rotatable bonds is 7. The molecule has 0 fully saturated rings. The molecule has 0 bridgehead atoms. The third-order valence-corrected chi connectivity index (χ3v) is 2.78. The lowest BCUT2D eigenvalue weighted by Crippen LogP contribution is -2.32. The maximum absolute atomic E-state index is 9.67. The molecule has 110 valence electrons. The molecule has 0 spiro atoms. The number of hydrogen-bond donors (Lipinski definition) is 0. The molecule has 0 aliphatic rings. The van der Waals surface area contributed by atoms with Gasteiger partial charge in [-0.3, -0.25) is 0 Å². The highest BCUT2D eigenvalue weighted by atomic mass is 19.4. The molecule has 4 heteroatoms. The van der Waals surface area contributed by atoms with Crippen LogP contribution in [0.25, 0.3) is 0 Å². The van der Waals surface area contributed by atoms with Crippen molar-refractivity contribution in [3.63, 3.8) is 0 Å². The Hall–Kier alpha value is -1.06. The summed E-state index contributed by atoms with van der Waals surface area (Å²) in [6.07, 6.45) is 12.6. The number of hydrogen-bond acceptors (Lipinski definition) is 0. The van der Waals surface area contributed by atoms with E-state index in [-0.39, 0.29) is 0 Å². The van der Waals surface area contributed by atoms with E-state index in [4.69, 9.17) is 0 Å². The summed E-state index contributed by atoms with van der Waals surface area (Å²) < 4.78 is 31.3. The number of aryl methyl sites for hydroxylation is 2. The second-order valence-corrected chi connectivity index (χ2v) is 4.63. The highest BCUT2D eigenvalue weighted by Gasteiger charge is 1.99. The standard InChI is InChI=1S/C14H24N.CHF3/c1-3-4-5-6-7-8-11-15-12-9-10-14(2)13-15;2-1(3)4/h9-10,12-13H,3-8,11H2,1-2H3;1H/q+1;. The molecule has 0 radical (unpaired) electrons. The summed E-state index contributed by atoms with van der Waals surface area (Å²) in [4.78, 5) is 0. The third kappa shape index (κ3) is 13.2. The van der Waals surface area contributed by atoms with E-state index in [1.165, 1.54) is 50.6 Å². The Balaban J connectivity index is 0.000000711. The minimum Gasteiger partial charge on any atom is -0.205 e. The molecule has 1 aromatic heterocycles. The van der Waals surface area contributed by atoms with Crippen LogP contribution in [0.2, 0.25) is 0 Å². The molecule has 0 aliphatic carbocycles. The van der Waals surface area contributed by atoms with Gasteiger partial charge in [0.15, 0.2) is 12.4 Å². The van der Waals surface area contributed by atoms with Gasteiger partial charge in [-0.15, -0.1) is 0 Å². The van der Waals surface area contributed by atoms with Crippen molar-refractivity contribution in [3.8, 4) is 0 Å². The summed E-state index contributed by atoms with van der Waals surface area (Å²) >= 11 is 0. The minimum absolute atomic E-state index is 1.17. The Bertz CT molecular complexity index is 313. The highest BCUT2D eigenvalue weighted by molar-refractivity contribution is 5.01. The number of aromatic nitrogens is 1. The normalized spacial score (nSPS) is 10.2. The Labute approximate surface area is 114 Å². The molecule has 0 aliphatic heterocycles. The van der Waals surface area contributed by atoms with Crippen molar-refractivity contribution < 1.29 is 17.7 Å². The van der Waals surface area contributed by atoms with Crippen molar-refractivity contribution in [1.29, 1.82) is 0 Å². The largest absolute Gasteiger partial charge is 0.379 e. The van der Waals surface area contributed by atoms with E-state index < -0.39 is 6.68 Å². The van der Waals surface area contributed by atoms with Crippen molar-refractivity contribution in [2.24, 2.45) is 0 Å². The first-order valence-corrected chi connectivity index (χ1v) is 6.94. The van der Waals surface area contributed by atoms with Crippen molar-refractivity contribution in [1.82, 2.24) is 0 Å². The molecule has 0 atom stereocenters. The molecule has 0 unspecified atom stereocenters. The zero-order valence-corrected chi connectivity index (χ0v) is 11.9. The summed E-state index contributed by atoms with van der Waals surface area (Å²) in [5.74, 6) is 0. The number of nitrogens with zero attached hydrogens (tertiary/aromatic N) is 1. The zero-order valence-electron chi connectivity index (χ0n) is 11.9. The van der Waals surface area contributed by atoms with E-state index in [9.17, 15) is 13.2 Å². The van der Waals surface area contributed by atoms with Gasteiger partial charge in [-0.2, -0.15) is 13.2 Å². The van der Waals surface area contributed by atoms with Gasteiger partial charge >= 0.3 is 6.68 Å². The predicted octanol–water partition coefficient (Wildman–Crippen LogP) is 4.82. The SMILES string of the molecule is CCCCCCCC[n+]1cccc(C)c1.FC(F)F. The van der Waals surface area contributed by atoms with Crippen LogP contribution in [0.1, 0.15) is 51.0 Å². The van der Waals surface area contributed by atoms with E-state index in [2.05, 4.69) is 42.9 Å². The van der Waals surface area contributed by atoms with Gasteiger partial charge in [0.1, 0.15) is 6.54 Å². The van der Waals surface area contributed by atoms with Crippen molar-refractivity contribution in [2.45, 2.75) is 65.6 Å². The lowest BCUT2D eigenvalue weighted by Gasteiger charge is -1.99. The van der Waals surface area contributed by atoms with Gasteiger partial charge in [0.25, 0.3) is 0 Å². The molecule has 1 rings (SSSR count). The molecule has 0 amide bonds. The maximum atomic E-state index is 9.67. The lowest BCUT2D eigenvalue weighted by atomic mass is 10.1. The van der Waals surface area contributed by atoms with Crippen molar-refractivity contribution in [2.75, 3.05) is 0 Å². The van der Waals surface area contributed by atoms with Crippen LogP contribution in [0, 0.1) is 6.92 Å². The molecule has 0 saturated heterocycles. The van der Waals surface area contributed by atoms with Gasteiger partial charge in [-0.05, 0) is 19.4 Å². The van der Waals surface area contributed by atoms with Crippen LogP contribution < -0.4 is 4.57 Å². The van der Waals surface area contributed by atoms with Crippen LogP contribution in [0.4, 0.5) is 13.2 Å². The van der Waals surface area contributed by atoms with Gasteiger partial charge in [0.05, 0.1) is 0 Å². The van der Waals surface area contributed by atoms with Crippen LogP contribution in [-0.2, 0) is 6.54 Å². The lowest BCUT2D eigenvalue weighted by molar-refractivity contribution is -0.697. The fourth-order valence-corrected chi connectivity index (χ4v) is 1.87. The summed E-state index contributed by atoms with van der Waals surface area (Å²) in [6, 6.07) is 4.28. The Kier molecular flexibility index (Phi) is 11.3. The van der Waals surface area contributed by atoms with Crippen molar-refractivity contribution >= 4 is 0 Å². The monoisotopic (exact) mass is 276 g/mol. The maximum Gasteiger partial charge on any atom is 0.379 e. The molecule has 1 nitrogen and oxygen atoms in total. The molecule has 0 N–H and O–H groups in total. The predicted molar refractivity (Wildman–Crippen MR) is 71.9 cm³/mol. The molecule has 0 saturated carbocycles. The van der Waals surface area contributed by atoms with Crippen LogP contribution in [0.15, 0.2) is 24.5 Å². The number of unbranched alkanes of at least 4 members (excludes halogenated alkanes) is 5. The van der Waals surface area contributed by atoms with Gasteiger partial charge in [0, 0.05) is 18.1 Å². The first kappa shape index (κ1) is 17.9. The Morgan fingerprint density at radius 2 is 1.63 bits per heavy atom. The second-order valence-electron chi connectivity index (χ2n) is 4.63. The summed E-state index contributed by atoms with van der Waals surface area (Å²) in [6.45, 7) is 1.92. The van der Waals surface area contributed by atoms with E-state index in [0.29, 0.717) is 0 Å². The zero-order chi connectivity index (χ0) is 14.5. The molecule has 1 aromatic rings. The van der Waals surface area contributed by atoms with E-state index >= 15 is 0 Å². The number of halogens is 3. The molecule has 0 aromatic carbocycles. The Morgan fingerprint density at radius 1 is 1.05 bits per heavy atom. The average molecular weight is 276 g/mol. The number of alkyl halides is 3. The topological polar surface area (TPSA) is 3.88 Å². The quantitative estimate of drug-likeness (QED) is 0.496. The van der Waals surface area contributed by atoms with E-state index in [1.807, 2.05) is 0 Å². The van der Waals surface area contributed by atoms with Crippen LogP contribution in [-0.4, -0.2) is 6.68 Å². The summed E-state index contributed by atoms with van der Waals surface area (Å²) in [5.41, 5.74) is 1.35. The third-order valence-electron chi connectivity index (χ3n) is 2.78. The molecule has 19 heavy (non-hydrogen) atoms. The Morgan fingerprint density at radius 3 is 2.21 bits per heavy atom. The average Bonchev–Trinajstić information content (AvgIpc) is 2.33. The van der Waals surface area contributed by atoms with Gasteiger partial charge < -0.3 is 0 Å². The van der Waals surface area contributed by atoms with Crippen molar-refractivity contribution in [3.05, 3.63) is 30.1 Å². The van der Waals surface area contributed by atoms with E-state index in [0.717, 1.165) is 0 Å². The van der Waals surface area contributed by atoms with Gasteiger partial charge in [0.2, 0.25) is 0 Å². The first-order chi connectivity index (χ1) is 9.06. The highest BCUT2D eigenvalue weighted by Crippen LogP contribution is 2.04. The fourth-order valence-electron chi connectivity index (χ4n) is 1.87. The van der Waals surface area contributed by atoms with E-state index in [1.54, 1.807) is 0 Å². The van der Waals surface area contributed by atoms with Gasteiger partial charge in [-0.1, -0.05) is 32.6 Å². The summed E-state index contributed by atoms with van der Waals surface area (Å²) in [5, 5.41) is 0. The second kappa shape index (κ2) is 12.0. The first-order valence-electron chi connectivity index (χ1n) is 6.94. The van der Waals surface area contributed by atoms with Crippen LogP contribution in [0.3, 0.4) is 0 Å². The molecular weight excluding hydrogens is 251 g/mol. The smallest absolute Gasteiger partial charge is 0.205 e. The molecular formula is C15H25F3N+. The fraction of sp³-hybridized carbons (Fsp3) is 0.667. The number of pyridine rings is 1. The minimum atomic E-state index is -3.67.